The van der Waals surface area contributed by atoms with Crippen LogP contribution in [-0.4, -0.2) is 299 Å². The van der Waals surface area contributed by atoms with Gasteiger partial charge < -0.3 is 114 Å². The van der Waals surface area contributed by atoms with Crippen molar-refractivity contribution in [3.8, 4) is 5.75 Å². The first-order chi connectivity index (χ1) is 50.2. The quantitative estimate of drug-likeness (QED) is 0.0275. The van der Waals surface area contributed by atoms with E-state index in [-0.39, 0.29) is 80.4 Å². The van der Waals surface area contributed by atoms with E-state index in [2.05, 4.69) is 68.9 Å². The molecule has 1 aromatic rings. The summed E-state index contributed by atoms with van der Waals surface area (Å²) < 4.78 is 118. The molecule has 0 aliphatic carbocycles. The predicted octanol–water partition coefficient (Wildman–Crippen LogP) is 12.4. The molecule has 25 heteroatoms. The highest BCUT2D eigenvalue weighted by molar-refractivity contribution is 5.86. The van der Waals surface area contributed by atoms with Gasteiger partial charge in [0.15, 0.2) is 0 Å². The third-order valence-corrected chi connectivity index (χ3v) is 15.4. The highest BCUT2D eigenvalue weighted by Gasteiger charge is 2.21. The first kappa shape index (κ1) is 110. The molecule has 0 amide bonds. The minimum absolute atomic E-state index is 0.0266. The Morgan fingerprint density at radius 1 is 0.365 bits per heavy atom. The second-order valence-electron chi connectivity index (χ2n) is 24.6. The van der Waals surface area contributed by atoms with Crippen LogP contribution in [0.5, 0.6) is 5.75 Å². The molecular formula is C79H156O25. The van der Waals surface area contributed by atoms with E-state index >= 15 is 0 Å². The highest BCUT2D eigenvalue weighted by Crippen LogP contribution is 2.18. The molecule has 0 aromatic heterocycles. The van der Waals surface area contributed by atoms with Gasteiger partial charge in [-0.05, 0) is 138 Å². The van der Waals surface area contributed by atoms with Crippen LogP contribution in [0.3, 0.4) is 0 Å². The number of aliphatic hydroxyl groups excluding tert-OH is 1. The van der Waals surface area contributed by atoms with Crippen molar-refractivity contribution in [1.29, 1.82) is 0 Å². The number of para-hydroxylation sites is 1. The van der Waals surface area contributed by atoms with Crippen LogP contribution in [-0.2, 0) is 109 Å². The minimum Gasteiger partial charge on any atom is -0.491 e. The Morgan fingerprint density at radius 2 is 0.663 bits per heavy atom. The molecule has 1 aromatic carbocycles. The number of aliphatic hydroxyl groups is 1. The van der Waals surface area contributed by atoms with Crippen molar-refractivity contribution in [3.05, 3.63) is 42.5 Å². The van der Waals surface area contributed by atoms with Crippen LogP contribution in [0.4, 0.5) is 0 Å². The molecule has 1 N–H and O–H groups in total. The predicted molar refractivity (Wildman–Crippen MR) is 411 cm³/mol. The summed E-state index contributed by atoms with van der Waals surface area (Å²) in [7, 11) is 13.4. The molecule has 0 bridgehead atoms. The summed E-state index contributed by atoms with van der Waals surface area (Å²) in [6.07, 6.45) is 14.3. The zero-order valence-electron chi connectivity index (χ0n) is 69.3. The molecule has 0 fully saturated rings. The van der Waals surface area contributed by atoms with Crippen LogP contribution in [0.2, 0.25) is 0 Å². The van der Waals surface area contributed by atoms with Gasteiger partial charge in [0.1, 0.15) is 25.2 Å². The van der Waals surface area contributed by atoms with Gasteiger partial charge in [-0.3, -0.25) is 0 Å². The molecule has 0 saturated carbocycles. The van der Waals surface area contributed by atoms with Crippen molar-refractivity contribution >= 4 is 12.3 Å². The molecule has 104 heavy (non-hydrogen) atoms. The monoisotopic (exact) mass is 1510 g/mol. The maximum absolute atomic E-state index is 11.1. The van der Waals surface area contributed by atoms with E-state index in [4.69, 9.17) is 109 Å². The highest BCUT2D eigenvalue weighted by atomic mass is 16.6. The molecule has 0 spiro atoms. The van der Waals surface area contributed by atoms with Gasteiger partial charge in [-0.1, -0.05) is 66.3 Å². The van der Waals surface area contributed by atoms with Crippen molar-refractivity contribution in [2.45, 2.75) is 247 Å². The van der Waals surface area contributed by atoms with Gasteiger partial charge in [-0.2, -0.15) is 0 Å². The Labute approximate surface area is 632 Å². The topological polar surface area (TPSA) is 257 Å². The number of benzene rings is 1. The lowest BCUT2D eigenvalue weighted by atomic mass is 10.0. The number of hydrogen-bond donors (Lipinski definition) is 1. The molecule has 0 saturated heterocycles. The molecule has 25 nitrogen and oxygen atoms in total. The van der Waals surface area contributed by atoms with Crippen molar-refractivity contribution < 1.29 is 119 Å². The summed E-state index contributed by atoms with van der Waals surface area (Å²) in [4.78, 5) is 21.3. The fourth-order valence-electron chi connectivity index (χ4n) is 8.99. The number of carbonyl (C=O) groups excluding carboxylic acids is 2. The molecule has 0 radical (unpaired) electrons. The van der Waals surface area contributed by atoms with Crippen LogP contribution in [0.15, 0.2) is 42.5 Å². The van der Waals surface area contributed by atoms with Crippen LogP contribution in [0, 0.1) is 0 Å². The number of rotatable bonds is 67. The normalized spacial score (nSPS) is 14.5. The van der Waals surface area contributed by atoms with Crippen molar-refractivity contribution in [1.82, 2.24) is 0 Å². The average molecular weight is 1510 g/mol. The summed E-state index contributed by atoms with van der Waals surface area (Å²) in [5.41, 5.74) is 0.387. The number of aldehydes is 1. The van der Waals surface area contributed by atoms with E-state index < -0.39 is 5.97 Å². The third-order valence-electron chi connectivity index (χ3n) is 15.4. The summed E-state index contributed by atoms with van der Waals surface area (Å²) in [6, 6.07) is 9.79. The Morgan fingerprint density at radius 3 is 0.990 bits per heavy atom. The number of hydrogen-bond acceptors (Lipinski definition) is 25. The Hall–Kier alpha value is -2.94. The molecule has 0 heterocycles. The summed E-state index contributed by atoms with van der Waals surface area (Å²) in [5, 5.41) is 8.66. The maximum Gasteiger partial charge on any atom is 0.333 e. The fraction of sp³-hybridized carbons (Fsp3) is 0.873. The Balaban J connectivity index is -0.000000388. The van der Waals surface area contributed by atoms with E-state index in [1.165, 1.54) is 0 Å². The van der Waals surface area contributed by atoms with E-state index in [1.54, 1.807) is 63.8 Å². The average Bonchev–Trinajstić information content (AvgIpc) is 1.06. The van der Waals surface area contributed by atoms with Gasteiger partial charge in [-0.15, -0.1) is 0 Å². The van der Waals surface area contributed by atoms with Crippen LogP contribution in [0.25, 0.3) is 0 Å². The van der Waals surface area contributed by atoms with Gasteiger partial charge in [0.05, 0.1) is 212 Å². The molecule has 12 atom stereocenters. The lowest BCUT2D eigenvalue weighted by Crippen LogP contribution is -2.29. The number of carbonyl (C=O) groups is 2. The summed E-state index contributed by atoms with van der Waals surface area (Å²) in [6.45, 7) is 42.4. The van der Waals surface area contributed by atoms with Crippen LogP contribution in [0.1, 0.15) is 173 Å². The smallest absolute Gasteiger partial charge is 0.333 e. The van der Waals surface area contributed by atoms with Crippen LogP contribution >= 0.6 is 0 Å². The Bertz CT molecular complexity index is 1830. The van der Waals surface area contributed by atoms with Crippen LogP contribution < -0.4 is 4.74 Å². The molecule has 0 aliphatic heterocycles. The first-order valence-electron chi connectivity index (χ1n) is 38.1. The van der Waals surface area contributed by atoms with Gasteiger partial charge in [0.25, 0.3) is 0 Å². The zero-order chi connectivity index (χ0) is 78.9. The van der Waals surface area contributed by atoms with Gasteiger partial charge in [-0.25, -0.2) is 4.79 Å². The van der Waals surface area contributed by atoms with Crippen molar-refractivity contribution in [2.75, 3.05) is 209 Å². The lowest BCUT2D eigenvalue weighted by Gasteiger charge is -2.26. The van der Waals surface area contributed by atoms with Gasteiger partial charge in [0, 0.05) is 68.9 Å². The lowest BCUT2D eigenvalue weighted by molar-refractivity contribution is -0.141. The fourth-order valence-corrected chi connectivity index (χ4v) is 8.99. The van der Waals surface area contributed by atoms with E-state index in [9.17, 15) is 9.59 Å². The summed E-state index contributed by atoms with van der Waals surface area (Å²) in [5.74, 6) is 0.488. The largest absolute Gasteiger partial charge is 0.491 e. The Kier molecular flexibility index (Phi) is 92.0. The second-order valence-corrected chi connectivity index (χ2v) is 24.6. The van der Waals surface area contributed by atoms with E-state index in [0.717, 1.165) is 89.1 Å². The maximum atomic E-state index is 11.1. The van der Waals surface area contributed by atoms with E-state index in [1.807, 2.05) is 51.1 Å². The number of esters is 1. The first-order valence-corrected chi connectivity index (χ1v) is 38.1. The third kappa shape index (κ3) is 81.6. The molecular weight excluding hydrogens is 1350 g/mol. The molecule has 1 rings (SSSR count). The summed E-state index contributed by atoms with van der Waals surface area (Å²) >= 11 is 0. The standard InChI is InChI=1S/C19H40O7.C17H28O4.C14H26O5.C12H26O4.C12H24O4.C5H12O/c1-6-18(25-14-11-23-10-7-20-3)16-19(26-13-9-22-5)15-17(2)24-12-8-21-4;1-4-16(14-15(2)19-11-10-18-3)20-12-13-21-17-8-6-5-7-9-17;1-5-13(10-12(4)17-7-6-15)18-8-9-19-14(16)11(2)3;1-5-12(16-9-7-14-4)10-11(2)15-8-6-13-3;1-4-12(16-7-5-6-13)10-11(2)15-9-8-14-3;1-4-5(2)6-3/h17-19H,6-16H2,1-5H3;5-9,15-16H,4,10-14H2,1-3H3;12-13,15H,2,5-10H2,1,3-4H3;11-12H,5-10H2,1-4H3;6,11-12H,4-5,7-10H2,1-3H3;5H,4H2,1-3H3. The van der Waals surface area contributed by atoms with Crippen molar-refractivity contribution in [3.63, 3.8) is 0 Å². The van der Waals surface area contributed by atoms with E-state index in [0.29, 0.717) is 157 Å². The number of ether oxygens (including phenoxy) is 22. The van der Waals surface area contributed by atoms with Crippen molar-refractivity contribution in [2.24, 2.45) is 0 Å². The molecule has 0 aliphatic rings. The van der Waals surface area contributed by atoms with Gasteiger partial charge >= 0.3 is 5.97 Å². The van der Waals surface area contributed by atoms with Gasteiger partial charge in [0.2, 0.25) is 0 Å². The second kappa shape index (κ2) is 87.3. The SMILES string of the molecule is C=C(C)C(=O)OCCOC(CC)CC(C)OCCO.CCC(C)OC.CCC(CC(C)OCCOC)OCCC=O.CCC(CC(C)OCCOC)OCCOC.CCC(CC(C)OCCOC)OCCOc1ccccc1.CCC(CC(CC(C)OCCOC)OCCOC)OCCOCCOC. The molecule has 622 valence electrons. The minimum atomic E-state index is -0.392. The zero-order valence-corrected chi connectivity index (χ0v) is 69.3. The number of methoxy groups -OCH3 is 8. The molecule has 12 unspecified atom stereocenters.